The molecule has 1 amide bonds. The van der Waals surface area contributed by atoms with E-state index in [0.29, 0.717) is 19.4 Å². The minimum Gasteiger partial charge on any atom is -0.496 e. The van der Waals surface area contributed by atoms with Gasteiger partial charge in [0, 0.05) is 6.54 Å². The smallest absolute Gasteiger partial charge is 0.237 e. The van der Waals surface area contributed by atoms with Crippen LogP contribution < -0.4 is 15.8 Å². The van der Waals surface area contributed by atoms with Crippen LogP contribution in [0.1, 0.15) is 11.1 Å². The summed E-state index contributed by atoms with van der Waals surface area (Å²) in [4.78, 5) is 12.0. The maximum absolute atomic E-state index is 12.0. The molecule has 0 spiro atoms. The molecule has 1 atom stereocenters. The summed E-state index contributed by atoms with van der Waals surface area (Å²) in [7, 11) is 1.65. The van der Waals surface area contributed by atoms with Gasteiger partial charge in [0.25, 0.3) is 0 Å². The zero-order valence-corrected chi connectivity index (χ0v) is 14.0. The lowest BCUT2D eigenvalue weighted by atomic mass is 10.1. The van der Waals surface area contributed by atoms with E-state index in [1.54, 1.807) is 7.11 Å². The topological polar surface area (TPSA) is 64.3 Å². The van der Waals surface area contributed by atoms with Gasteiger partial charge in [-0.05, 0) is 30.0 Å². The number of hydrogen-bond donors (Lipinski definition) is 2. The molecule has 5 heteroatoms. The van der Waals surface area contributed by atoms with Gasteiger partial charge < -0.3 is 15.8 Å². The molecule has 0 saturated carbocycles. The lowest BCUT2D eigenvalue weighted by Gasteiger charge is -2.13. The van der Waals surface area contributed by atoms with Crippen LogP contribution >= 0.6 is 12.4 Å². The first-order valence-corrected chi connectivity index (χ1v) is 7.40. The second-order valence-electron chi connectivity index (χ2n) is 5.15. The highest BCUT2D eigenvalue weighted by molar-refractivity contribution is 5.85. The van der Waals surface area contributed by atoms with E-state index in [-0.39, 0.29) is 18.3 Å². The molecule has 2 aromatic carbocycles. The van der Waals surface area contributed by atoms with E-state index in [0.717, 1.165) is 16.9 Å². The third kappa shape index (κ3) is 5.93. The molecule has 2 aromatic rings. The van der Waals surface area contributed by atoms with Gasteiger partial charge in [0.1, 0.15) is 5.75 Å². The predicted molar refractivity (Wildman–Crippen MR) is 95.1 cm³/mol. The van der Waals surface area contributed by atoms with Gasteiger partial charge >= 0.3 is 0 Å². The van der Waals surface area contributed by atoms with Gasteiger partial charge in [-0.2, -0.15) is 0 Å². The Kier molecular flexibility index (Phi) is 8.16. The molecule has 3 N–H and O–H groups in total. The Labute approximate surface area is 143 Å². The zero-order valence-electron chi connectivity index (χ0n) is 13.2. The van der Waals surface area contributed by atoms with E-state index in [4.69, 9.17) is 10.5 Å². The number of nitrogens with one attached hydrogen (secondary N) is 1. The lowest BCUT2D eigenvalue weighted by Crippen LogP contribution is -2.42. The van der Waals surface area contributed by atoms with Gasteiger partial charge in [0.15, 0.2) is 0 Å². The SMILES string of the molecule is COc1ccccc1CCNC(=O)[C@@H](N)Cc1ccccc1.Cl. The van der Waals surface area contributed by atoms with Crippen LogP contribution in [0.5, 0.6) is 5.75 Å². The average Bonchev–Trinajstić information content (AvgIpc) is 2.56. The van der Waals surface area contributed by atoms with Crippen molar-refractivity contribution in [2.45, 2.75) is 18.9 Å². The molecule has 0 saturated heterocycles. The summed E-state index contributed by atoms with van der Waals surface area (Å²) in [6, 6.07) is 17.1. The minimum atomic E-state index is -0.528. The highest BCUT2D eigenvalue weighted by Gasteiger charge is 2.13. The van der Waals surface area contributed by atoms with Crippen LogP contribution in [0.2, 0.25) is 0 Å². The van der Waals surface area contributed by atoms with Crippen molar-refractivity contribution in [2.75, 3.05) is 13.7 Å². The number of methoxy groups -OCH3 is 1. The predicted octanol–water partition coefficient (Wildman–Crippen LogP) is 2.35. The van der Waals surface area contributed by atoms with Gasteiger partial charge in [0.2, 0.25) is 5.91 Å². The number of hydrogen-bond acceptors (Lipinski definition) is 3. The Balaban J connectivity index is 0.00000264. The maximum atomic E-state index is 12.0. The monoisotopic (exact) mass is 334 g/mol. The van der Waals surface area contributed by atoms with Crippen LogP contribution in [-0.4, -0.2) is 25.6 Å². The van der Waals surface area contributed by atoms with Crippen LogP contribution in [0.3, 0.4) is 0 Å². The van der Waals surface area contributed by atoms with E-state index in [9.17, 15) is 4.79 Å². The average molecular weight is 335 g/mol. The third-order valence-electron chi connectivity index (χ3n) is 3.52. The molecule has 0 aliphatic heterocycles. The maximum Gasteiger partial charge on any atom is 0.237 e. The van der Waals surface area contributed by atoms with Crippen LogP contribution in [0, 0.1) is 0 Å². The number of ether oxygens (including phenoxy) is 1. The van der Waals surface area contributed by atoms with E-state index in [1.165, 1.54) is 0 Å². The van der Waals surface area contributed by atoms with E-state index < -0.39 is 6.04 Å². The molecule has 0 aromatic heterocycles. The second kappa shape index (κ2) is 9.87. The van der Waals surface area contributed by atoms with E-state index in [1.807, 2.05) is 54.6 Å². The summed E-state index contributed by atoms with van der Waals surface area (Å²) < 4.78 is 5.29. The van der Waals surface area contributed by atoms with Crippen molar-refractivity contribution >= 4 is 18.3 Å². The van der Waals surface area contributed by atoms with E-state index >= 15 is 0 Å². The number of nitrogens with two attached hydrogens (primary N) is 1. The summed E-state index contributed by atoms with van der Waals surface area (Å²) in [5.74, 6) is 0.712. The number of amides is 1. The largest absolute Gasteiger partial charge is 0.496 e. The number of halogens is 1. The summed E-state index contributed by atoms with van der Waals surface area (Å²) in [6.45, 7) is 0.543. The van der Waals surface area contributed by atoms with Crippen LogP contribution in [0.15, 0.2) is 54.6 Å². The third-order valence-corrected chi connectivity index (χ3v) is 3.52. The van der Waals surface area contributed by atoms with Crippen molar-refractivity contribution in [3.8, 4) is 5.75 Å². The van der Waals surface area contributed by atoms with Crippen LogP contribution in [0.25, 0.3) is 0 Å². The fourth-order valence-electron chi connectivity index (χ4n) is 2.32. The van der Waals surface area contributed by atoms with Gasteiger partial charge in [-0.3, -0.25) is 4.79 Å². The molecule has 0 heterocycles. The molecule has 0 fully saturated rings. The van der Waals surface area contributed by atoms with Crippen molar-refractivity contribution in [1.82, 2.24) is 5.32 Å². The highest BCUT2D eigenvalue weighted by atomic mass is 35.5. The molecule has 0 aliphatic rings. The first kappa shape index (κ1) is 19.0. The molecule has 0 unspecified atom stereocenters. The summed E-state index contributed by atoms with van der Waals surface area (Å²) >= 11 is 0. The van der Waals surface area contributed by atoms with E-state index in [2.05, 4.69) is 5.32 Å². The number of rotatable bonds is 7. The molecule has 2 rings (SSSR count). The second-order valence-corrected chi connectivity index (χ2v) is 5.15. The number of carbonyl (C=O) groups is 1. The number of benzene rings is 2. The fraction of sp³-hybridized carbons (Fsp3) is 0.278. The molecular weight excluding hydrogens is 312 g/mol. The van der Waals surface area contributed by atoms with Gasteiger partial charge in [-0.25, -0.2) is 0 Å². The Morgan fingerprint density at radius 3 is 2.48 bits per heavy atom. The molecule has 0 radical (unpaired) electrons. The standard InChI is InChI=1S/C18H22N2O2.ClH/c1-22-17-10-6-5-9-15(17)11-12-20-18(21)16(19)13-14-7-3-2-4-8-14;/h2-10,16H,11-13,19H2,1H3,(H,20,21);1H/t16-;/m0./s1. The number of para-hydroxylation sites is 1. The molecule has 23 heavy (non-hydrogen) atoms. The van der Waals surface area contributed by atoms with Crippen LogP contribution in [-0.2, 0) is 17.6 Å². The first-order chi connectivity index (χ1) is 10.7. The Morgan fingerprint density at radius 2 is 1.78 bits per heavy atom. The lowest BCUT2D eigenvalue weighted by molar-refractivity contribution is -0.122. The summed E-state index contributed by atoms with van der Waals surface area (Å²) in [5.41, 5.74) is 8.08. The first-order valence-electron chi connectivity index (χ1n) is 7.40. The minimum absolute atomic E-state index is 0. The highest BCUT2D eigenvalue weighted by Crippen LogP contribution is 2.17. The van der Waals surface area contributed by atoms with Crippen molar-refractivity contribution in [1.29, 1.82) is 0 Å². The molecule has 0 bridgehead atoms. The summed E-state index contributed by atoms with van der Waals surface area (Å²) in [6.07, 6.45) is 1.26. The van der Waals surface area contributed by atoms with Gasteiger partial charge in [-0.1, -0.05) is 48.5 Å². The fourth-order valence-corrected chi connectivity index (χ4v) is 2.32. The zero-order chi connectivity index (χ0) is 15.8. The summed E-state index contributed by atoms with van der Waals surface area (Å²) in [5, 5.41) is 2.88. The Morgan fingerprint density at radius 1 is 1.13 bits per heavy atom. The van der Waals surface area contributed by atoms with Crippen molar-refractivity contribution < 1.29 is 9.53 Å². The molecule has 4 nitrogen and oxygen atoms in total. The molecule has 124 valence electrons. The van der Waals surface area contributed by atoms with Crippen molar-refractivity contribution in [3.63, 3.8) is 0 Å². The quantitative estimate of drug-likeness (QED) is 0.817. The van der Waals surface area contributed by atoms with Gasteiger partial charge in [0.05, 0.1) is 13.2 Å². The van der Waals surface area contributed by atoms with Crippen molar-refractivity contribution in [3.05, 3.63) is 65.7 Å². The molecule has 0 aliphatic carbocycles. The Bertz CT molecular complexity index is 605. The normalized spacial score (nSPS) is 11.2. The van der Waals surface area contributed by atoms with Gasteiger partial charge in [-0.15, -0.1) is 12.4 Å². The number of carbonyl (C=O) groups excluding carboxylic acids is 1. The molecular formula is C18H23ClN2O2. The van der Waals surface area contributed by atoms with Crippen molar-refractivity contribution in [2.24, 2.45) is 5.73 Å². The Hall–Kier alpha value is -2.04. The van der Waals surface area contributed by atoms with Crippen LogP contribution in [0.4, 0.5) is 0 Å².